The van der Waals surface area contributed by atoms with Crippen molar-refractivity contribution in [3.63, 3.8) is 0 Å². The molecule has 0 aliphatic carbocycles. The molecule has 0 heterocycles. The minimum Gasteiger partial charge on any atom is -0.504 e. The van der Waals surface area contributed by atoms with Gasteiger partial charge in [-0.15, -0.1) is 0 Å². The second-order valence-corrected chi connectivity index (χ2v) is 5.64. The number of hydrogen-bond acceptors (Lipinski definition) is 2. The summed E-state index contributed by atoms with van der Waals surface area (Å²) in [7, 11) is 0. The first-order chi connectivity index (χ1) is 10.8. The molecule has 0 spiro atoms. The first kappa shape index (κ1) is 16.4. The fraction of sp³-hybridized carbons (Fsp3) is 0.400. The van der Waals surface area contributed by atoms with Crippen LogP contribution in [-0.2, 0) is 0 Å². The molecule has 0 aliphatic rings. The van der Waals surface area contributed by atoms with Gasteiger partial charge in [-0.05, 0) is 18.1 Å². The molecule has 0 aliphatic heterocycles. The zero-order valence-corrected chi connectivity index (χ0v) is 13.4. The Morgan fingerprint density at radius 2 is 1.55 bits per heavy atom. The third-order valence-electron chi connectivity index (χ3n) is 3.82. The van der Waals surface area contributed by atoms with E-state index in [1.54, 1.807) is 6.07 Å². The van der Waals surface area contributed by atoms with Crippen molar-refractivity contribution >= 4 is 0 Å². The van der Waals surface area contributed by atoms with Crippen LogP contribution in [0.25, 0.3) is 11.1 Å². The van der Waals surface area contributed by atoms with Crippen LogP contribution in [0.1, 0.15) is 45.4 Å². The highest BCUT2D eigenvalue weighted by Gasteiger charge is 2.10. The smallest absolute Gasteiger partial charge is 0.168 e. The van der Waals surface area contributed by atoms with E-state index >= 15 is 0 Å². The van der Waals surface area contributed by atoms with Gasteiger partial charge >= 0.3 is 0 Å². The largest absolute Gasteiger partial charge is 0.504 e. The zero-order chi connectivity index (χ0) is 15.6. The van der Waals surface area contributed by atoms with E-state index in [1.807, 2.05) is 42.5 Å². The molecule has 2 heteroatoms. The summed E-state index contributed by atoms with van der Waals surface area (Å²) in [5.41, 5.74) is 2.02. The lowest BCUT2D eigenvalue weighted by Crippen LogP contribution is -1.99. The average Bonchev–Trinajstić information content (AvgIpc) is 2.56. The van der Waals surface area contributed by atoms with Gasteiger partial charge in [-0.3, -0.25) is 0 Å². The van der Waals surface area contributed by atoms with Gasteiger partial charge in [0.2, 0.25) is 0 Å². The molecule has 2 rings (SSSR count). The molecule has 0 radical (unpaired) electrons. The van der Waals surface area contributed by atoms with E-state index in [0.717, 1.165) is 17.5 Å². The van der Waals surface area contributed by atoms with Gasteiger partial charge in [-0.25, -0.2) is 0 Å². The van der Waals surface area contributed by atoms with Gasteiger partial charge in [0.25, 0.3) is 0 Å². The van der Waals surface area contributed by atoms with Gasteiger partial charge in [-0.1, -0.05) is 81.5 Å². The summed E-state index contributed by atoms with van der Waals surface area (Å²) in [6.07, 6.45) is 7.39. The van der Waals surface area contributed by atoms with E-state index in [4.69, 9.17) is 4.74 Å². The Bertz CT molecular complexity index is 549. The van der Waals surface area contributed by atoms with E-state index < -0.39 is 0 Å². The van der Waals surface area contributed by atoms with Crippen LogP contribution in [-0.4, -0.2) is 11.7 Å². The molecule has 0 unspecified atom stereocenters. The highest BCUT2D eigenvalue weighted by atomic mass is 16.5. The van der Waals surface area contributed by atoms with Crippen molar-refractivity contribution in [2.24, 2.45) is 0 Å². The molecule has 0 aromatic heterocycles. The van der Waals surface area contributed by atoms with E-state index in [0.29, 0.717) is 12.4 Å². The minimum absolute atomic E-state index is 0.215. The Kier molecular flexibility index (Phi) is 6.82. The molecule has 0 saturated carbocycles. The molecule has 0 amide bonds. The number of phenolic OH excluding ortho intramolecular Hbond substituents is 1. The van der Waals surface area contributed by atoms with E-state index in [-0.39, 0.29) is 5.75 Å². The van der Waals surface area contributed by atoms with Crippen LogP contribution >= 0.6 is 0 Å². The Hall–Kier alpha value is -1.96. The molecule has 2 nitrogen and oxygen atoms in total. The lowest BCUT2D eigenvalue weighted by Gasteiger charge is -2.13. The number of aromatic hydroxyl groups is 1. The SMILES string of the molecule is CCCCCCCCOc1c(O)cccc1-c1ccccc1. The quantitative estimate of drug-likeness (QED) is 0.593. The Labute approximate surface area is 133 Å². The highest BCUT2D eigenvalue weighted by Crippen LogP contribution is 2.37. The van der Waals surface area contributed by atoms with Gasteiger partial charge in [0.1, 0.15) is 0 Å². The van der Waals surface area contributed by atoms with E-state index in [9.17, 15) is 5.11 Å². The van der Waals surface area contributed by atoms with Crippen LogP contribution < -0.4 is 4.74 Å². The summed E-state index contributed by atoms with van der Waals surface area (Å²) in [5, 5.41) is 10.1. The molecule has 22 heavy (non-hydrogen) atoms. The van der Waals surface area contributed by atoms with Crippen molar-refractivity contribution in [3.8, 4) is 22.6 Å². The Morgan fingerprint density at radius 3 is 2.32 bits per heavy atom. The van der Waals surface area contributed by atoms with Gasteiger partial charge in [-0.2, -0.15) is 0 Å². The predicted octanol–water partition coefficient (Wildman–Crippen LogP) is 5.80. The van der Waals surface area contributed by atoms with Crippen molar-refractivity contribution in [3.05, 3.63) is 48.5 Å². The number of rotatable bonds is 9. The number of benzene rings is 2. The third-order valence-corrected chi connectivity index (χ3v) is 3.82. The molecule has 2 aromatic carbocycles. The summed E-state index contributed by atoms with van der Waals surface area (Å²) in [5.74, 6) is 0.814. The third kappa shape index (κ3) is 4.80. The van der Waals surface area contributed by atoms with Crippen molar-refractivity contribution in [1.82, 2.24) is 0 Å². The number of phenols is 1. The van der Waals surface area contributed by atoms with E-state index in [1.165, 1.54) is 32.1 Å². The topological polar surface area (TPSA) is 29.5 Å². The van der Waals surface area contributed by atoms with Crippen LogP contribution in [0.2, 0.25) is 0 Å². The van der Waals surface area contributed by atoms with Crippen molar-refractivity contribution in [2.75, 3.05) is 6.61 Å². The molecular formula is C20H26O2. The van der Waals surface area contributed by atoms with Crippen molar-refractivity contribution in [2.45, 2.75) is 45.4 Å². The van der Waals surface area contributed by atoms with Gasteiger partial charge < -0.3 is 9.84 Å². The maximum absolute atomic E-state index is 10.1. The lowest BCUT2D eigenvalue weighted by atomic mass is 10.0. The maximum atomic E-state index is 10.1. The second-order valence-electron chi connectivity index (χ2n) is 5.64. The number of hydrogen-bond donors (Lipinski definition) is 1. The first-order valence-electron chi connectivity index (χ1n) is 8.33. The molecule has 0 fully saturated rings. The van der Waals surface area contributed by atoms with Crippen LogP contribution in [0, 0.1) is 0 Å². The fourth-order valence-corrected chi connectivity index (χ4v) is 2.58. The molecule has 118 valence electrons. The normalized spacial score (nSPS) is 10.6. The molecular weight excluding hydrogens is 272 g/mol. The standard InChI is InChI=1S/C20H26O2/c1-2-3-4-5-6-10-16-22-20-18(14-11-15-19(20)21)17-12-8-7-9-13-17/h7-9,11-15,21H,2-6,10,16H2,1H3. The van der Waals surface area contributed by atoms with Crippen molar-refractivity contribution < 1.29 is 9.84 Å². The summed E-state index contributed by atoms with van der Waals surface area (Å²) in [6, 6.07) is 15.6. The summed E-state index contributed by atoms with van der Waals surface area (Å²) in [4.78, 5) is 0. The number of unbranched alkanes of at least 4 members (excludes halogenated alkanes) is 5. The molecule has 2 aromatic rings. The minimum atomic E-state index is 0.215. The van der Waals surface area contributed by atoms with Crippen molar-refractivity contribution in [1.29, 1.82) is 0 Å². The van der Waals surface area contributed by atoms with Crippen LogP contribution in [0.4, 0.5) is 0 Å². The molecule has 0 atom stereocenters. The average molecular weight is 298 g/mol. The summed E-state index contributed by atoms with van der Waals surface area (Å²) in [6.45, 7) is 2.88. The second kappa shape index (κ2) is 9.14. The summed E-state index contributed by atoms with van der Waals surface area (Å²) >= 11 is 0. The molecule has 0 bridgehead atoms. The van der Waals surface area contributed by atoms with Gasteiger partial charge in [0.15, 0.2) is 11.5 Å². The zero-order valence-electron chi connectivity index (χ0n) is 13.4. The monoisotopic (exact) mass is 298 g/mol. The van der Waals surface area contributed by atoms with Gasteiger partial charge in [0, 0.05) is 5.56 Å². The van der Waals surface area contributed by atoms with Crippen LogP contribution in [0.3, 0.4) is 0 Å². The number of para-hydroxylation sites is 1. The maximum Gasteiger partial charge on any atom is 0.168 e. The molecule has 1 N–H and O–H groups in total. The van der Waals surface area contributed by atoms with E-state index in [2.05, 4.69) is 6.92 Å². The molecule has 0 saturated heterocycles. The first-order valence-corrected chi connectivity index (χ1v) is 8.33. The van der Waals surface area contributed by atoms with Crippen LogP contribution in [0.15, 0.2) is 48.5 Å². The number of ether oxygens (including phenoxy) is 1. The lowest BCUT2D eigenvalue weighted by molar-refractivity contribution is 0.290. The summed E-state index contributed by atoms with van der Waals surface area (Å²) < 4.78 is 5.88. The van der Waals surface area contributed by atoms with Crippen LogP contribution in [0.5, 0.6) is 11.5 Å². The predicted molar refractivity (Wildman–Crippen MR) is 92.4 cm³/mol. The fourth-order valence-electron chi connectivity index (χ4n) is 2.58. The van der Waals surface area contributed by atoms with Gasteiger partial charge in [0.05, 0.1) is 6.61 Å². The highest BCUT2D eigenvalue weighted by molar-refractivity contribution is 5.73. The Balaban J connectivity index is 1.93. The Morgan fingerprint density at radius 1 is 0.818 bits per heavy atom.